The number of nitrogens with zero attached hydrogens (tertiary/aromatic N) is 1. The zero-order chi connectivity index (χ0) is 14.4. The van der Waals surface area contributed by atoms with Crippen molar-refractivity contribution in [3.63, 3.8) is 0 Å². The van der Waals surface area contributed by atoms with Crippen molar-refractivity contribution in [1.82, 2.24) is 10.3 Å². The van der Waals surface area contributed by atoms with E-state index in [-0.39, 0.29) is 11.2 Å². The molecule has 20 heavy (non-hydrogen) atoms. The van der Waals surface area contributed by atoms with E-state index >= 15 is 0 Å². The molecule has 0 saturated carbocycles. The number of ether oxygens (including phenoxy) is 1. The molecule has 4 nitrogen and oxygen atoms in total. The Labute approximate surface area is 120 Å². The Morgan fingerprint density at radius 3 is 2.75 bits per heavy atom. The van der Waals surface area contributed by atoms with Gasteiger partial charge in [0.05, 0.1) is 12.8 Å². The lowest BCUT2D eigenvalue weighted by Gasteiger charge is -2.36. The second kappa shape index (κ2) is 6.84. The number of hydrogen-bond acceptors (Lipinski definition) is 4. The van der Waals surface area contributed by atoms with Crippen LogP contribution in [-0.2, 0) is 0 Å². The molecule has 2 heterocycles. The van der Waals surface area contributed by atoms with Gasteiger partial charge in [0.2, 0.25) is 0 Å². The van der Waals surface area contributed by atoms with Crippen molar-refractivity contribution in [2.45, 2.75) is 39.5 Å². The van der Waals surface area contributed by atoms with Crippen LogP contribution in [0.3, 0.4) is 0 Å². The molecule has 0 radical (unpaired) electrons. The molecule has 1 saturated heterocycles. The van der Waals surface area contributed by atoms with Gasteiger partial charge in [-0.05, 0) is 45.3 Å². The lowest BCUT2D eigenvalue weighted by atomic mass is 9.70. The second-order valence-corrected chi connectivity index (χ2v) is 5.45. The first-order chi connectivity index (χ1) is 9.72. The Balaban J connectivity index is 2.24. The smallest absolute Gasteiger partial charge is 0.170 e. The molecule has 4 heteroatoms. The summed E-state index contributed by atoms with van der Waals surface area (Å²) >= 11 is 0. The SMILES string of the molecule is CCCC1(C(=O)c2cncc(OCC)c2)CCNCC1. The minimum atomic E-state index is -0.216. The molecule has 0 aromatic carbocycles. The summed E-state index contributed by atoms with van der Waals surface area (Å²) < 4.78 is 5.45. The van der Waals surface area contributed by atoms with Crippen LogP contribution < -0.4 is 10.1 Å². The molecule has 0 bridgehead atoms. The van der Waals surface area contributed by atoms with Gasteiger partial charge in [0, 0.05) is 17.2 Å². The monoisotopic (exact) mass is 276 g/mol. The minimum absolute atomic E-state index is 0.216. The average molecular weight is 276 g/mol. The Morgan fingerprint density at radius 2 is 2.10 bits per heavy atom. The van der Waals surface area contributed by atoms with Gasteiger partial charge >= 0.3 is 0 Å². The zero-order valence-corrected chi connectivity index (χ0v) is 12.4. The van der Waals surface area contributed by atoms with Crippen LogP contribution in [-0.4, -0.2) is 30.5 Å². The first-order valence-electron chi connectivity index (χ1n) is 7.55. The molecule has 1 N–H and O–H groups in total. The first-order valence-corrected chi connectivity index (χ1v) is 7.55. The van der Waals surface area contributed by atoms with Gasteiger partial charge in [-0.1, -0.05) is 13.3 Å². The van der Waals surface area contributed by atoms with Gasteiger partial charge in [-0.2, -0.15) is 0 Å². The third-order valence-electron chi connectivity index (χ3n) is 4.06. The van der Waals surface area contributed by atoms with Crippen molar-refractivity contribution < 1.29 is 9.53 Å². The van der Waals surface area contributed by atoms with Gasteiger partial charge in [-0.3, -0.25) is 9.78 Å². The lowest BCUT2D eigenvalue weighted by molar-refractivity contribution is 0.0703. The molecule has 0 amide bonds. The van der Waals surface area contributed by atoms with Crippen LogP contribution >= 0.6 is 0 Å². The number of carbonyl (C=O) groups excluding carboxylic acids is 1. The third-order valence-corrected chi connectivity index (χ3v) is 4.06. The minimum Gasteiger partial charge on any atom is -0.492 e. The van der Waals surface area contributed by atoms with Crippen molar-refractivity contribution in [1.29, 1.82) is 0 Å². The van der Waals surface area contributed by atoms with Crippen LogP contribution in [0.1, 0.15) is 49.9 Å². The Kier molecular flexibility index (Phi) is 5.12. The highest BCUT2D eigenvalue weighted by molar-refractivity contribution is 6.00. The highest BCUT2D eigenvalue weighted by Gasteiger charge is 2.39. The average Bonchev–Trinajstić information content (AvgIpc) is 2.48. The van der Waals surface area contributed by atoms with E-state index in [1.54, 1.807) is 12.4 Å². The lowest BCUT2D eigenvalue weighted by Crippen LogP contribution is -2.42. The third kappa shape index (κ3) is 3.18. The van der Waals surface area contributed by atoms with E-state index in [1.807, 2.05) is 13.0 Å². The maximum Gasteiger partial charge on any atom is 0.170 e. The van der Waals surface area contributed by atoms with Crippen LogP contribution in [0.2, 0.25) is 0 Å². The molecule has 1 aliphatic rings. The number of Topliss-reactive ketones (excluding diaryl/α,β-unsaturated/α-hetero) is 1. The zero-order valence-electron chi connectivity index (χ0n) is 12.4. The summed E-state index contributed by atoms with van der Waals surface area (Å²) in [5, 5.41) is 3.34. The molecule has 1 aromatic heterocycles. The van der Waals surface area contributed by atoms with Crippen LogP contribution in [0.4, 0.5) is 0 Å². The number of hydrogen-bond donors (Lipinski definition) is 1. The number of ketones is 1. The van der Waals surface area contributed by atoms with Crippen LogP contribution in [0.15, 0.2) is 18.5 Å². The van der Waals surface area contributed by atoms with Gasteiger partial charge < -0.3 is 10.1 Å². The molecule has 0 spiro atoms. The number of carbonyl (C=O) groups is 1. The molecule has 2 rings (SSSR count). The van der Waals surface area contributed by atoms with Gasteiger partial charge in [0.1, 0.15) is 5.75 Å². The molecule has 1 fully saturated rings. The number of nitrogens with one attached hydrogen (secondary N) is 1. The van der Waals surface area contributed by atoms with Crippen molar-refractivity contribution in [2.24, 2.45) is 5.41 Å². The summed E-state index contributed by atoms with van der Waals surface area (Å²) in [7, 11) is 0. The van der Waals surface area contributed by atoms with Crippen molar-refractivity contribution in [3.8, 4) is 5.75 Å². The molecule has 0 unspecified atom stereocenters. The summed E-state index contributed by atoms with van der Waals surface area (Å²) in [5.41, 5.74) is 0.471. The number of aromatic nitrogens is 1. The van der Waals surface area contributed by atoms with E-state index in [4.69, 9.17) is 4.74 Å². The molecule has 110 valence electrons. The number of pyridine rings is 1. The fourth-order valence-electron chi connectivity index (χ4n) is 3.07. The summed E-state index contributed by atoms with van der Waals surface area (Å²) in [6.45, 7) is 6.50. The summed E-state index contributed by atoms with van der Waals surface area (Å²) in [4.78, 5) is 17.1. The highest BCUT2D eigenvalue weighted by atomic mass is 16.5. The van der Waals surface area contributed by atoms with Gasteiger partial charge in [-0.25, -0.2) is 0 Å². The molecular formula is C16H24N2O2. The molecule has 1 aliphatic heterocycles. The van der Waals surface area contributed by atoms with Gasteiger partial charge in [0.15, 0.2) is 5.78 Å². The van der Waals surface area contributed by atoms with E-state index in [0.717, 1.165) is 38.8 Å². The molecular weight excluding hydrogens is 252 g/mol. The van der Waals surface area contributed by atoms with Crippen LogP contribution in [0.25, 0.3) is 0 Å². The van der Waals surface area contributed by atoms with E-state index in [9.17, 15) is 4.79 Å². The second-order valence-electron chi connectivity index (χ2n) is 5.45. The van der Waals surface area contributed by atoms with Gasteiger partial charge in [0.25, 0.3) is 0 Å². The fraction of sp³-hybridized carbons (Fsp3) is 0.625. The van der Waals surface area contributed by atoms with E-state index in [0.29, 0.717) is 17.9 Å². The highest BCUT2D eigenvalue weighted by Crippen LogP contribution is 2.37. The largest absolute Gasteiger partial charge is 0.492 e. The normalized spacial score (nSPS) is 17.7. The predicted octanol–water partition coefficient (Wildman–Crippen LogP) is 2.83. The summed E-state index contributed by atoms with van der Waals surface area (Å²) in [5.74, 6) is 0.911. The fourth-order valence-corrected chi connectivity index (χ4v) is 3.07. The van der Waals surface area contributed by atoms with Crippen molar-refractivity contribution in [3.05, 3.63) is 24.0 Å². The van der Waals surface area contributed by atoms with Crippen LogP contribution in [0.5, 0.6) is 5.75 Å². The molecule has 0 aliphatic carbocycles. The maximum absolute atomic E-state index is 12.9. The number of piperidine rings is 1. The van der Waals surface area contributed by atoms with E-state index in [1.165, 1.54) is 0 Å². The Morgan fingerprint density at radius 1 is 1.35 bits per heavy atom. The summed E-state index contributed by atoms with van der Waals surface area (Å²) in [6, 6.07) is 1.83. The van der Waals surface area contributed by atoms with E-state index < -0.39 is 0 Å². The Bertz CT molecular complexity index is 448. The van der Waals surface area contributed by atoms with E-state index in [2.05, 4.69) is 17.2 Å². The number of rotatable bonds is 6. The quantitative estimate of drug-likeness (QED) is 0.812. The molecule has 1 aromatic rings. The maximum atomic E-state index is 12.9. The topological polar surface area (TPSA) is 51.2 Å². The van der Waals surface area contributed by atoms with Crippen LogP contribution in [0, 0.1) is 5.41 Å². The van der Waals surface area contributed by atoms with Gasteiger partial charge in [-0.15, -0.1) is 0 Å². The van der Waals surface area contributed by atoms with Crippen molar-refractivity contribution >= 4 is 5.78 Å². The molecule has 0 atom stereocenters. The summed E-state index contributed by atoms with van der Waals surface area (Å²) in [6.07, 6.45) is 7.15. The Hall–Kier alpha value is -1.42. The standard InChI is InChI=1S/C16H24N2O2/c1-3-5-16(6-8-17-9-7-16)15(19)13-10-14(20-4-2)12-18-11-13/h10-12,17H,3-9H2,1-2H3. The van der Waals surface area contributed by atoms with Crippen molar-refractivity contribution in [2.75, 3.05) is 19.7 Å². The first kappa shape index (κ1) is 15.0. The predicted molar refractivity (Wildman–Crippen MR) is 79.2 cm³/mol.